The molecule has 2 aromatic rings. The van der Waals surface area contributed by atoms with Gasteiger partial charge in [0.05, 0.1) is 20.1 Å². The van der Waals surface area contributed by atoms with E-state index in [1.807, 2.05) is 31.2 Å². The van der Waals surface area contributed by atoms with Crippen molar-refractivity contribution < 1.29 is 19.0 Å². The highest BCUT2D eigenvalue weighted by Gasteiger charge is 2.25. The smallest absolute Gasteiger partial charge is 0.278 e. The first-order chi connectivity index (χ1) is 13.7. The molecule has 1 heterocycles. The second-order valence-electron chi connectivity index (χ2n) is 6.78. The van der Waals surface area contributed by atoms with Crippen molar-refractivity contribution >= 4 is 5.91 Å². The maximum atomic E-state index is 12.3. The Balaban J connectivity index is 1.43. The lowest BCUT2D eigenvalue weighted by Crippen LogP contribution is -2.40. The first-order valence-corrected chi connectivity index (χ1v) is 9.70. The molecule has 1 aromatic heterocycles. The summed E-state index contributed by atoms with van der Waals surface area (Å²) in [4.78, 5) is 20.6. The lowest BCUT2D eigenvalue weighted by Gasteiger charge is -2.29. The van der Waals surface area contributed by atoms with Crippen molar-refractivity contribution in [2.24, 2.45) is 0 Å². The second kappa shape index (κ2) is 9.92. The van der Waals surface area contributed by atoms with Crippen LogP contribution in [0.25, 0.3) is 0 Å². The van der Waals surface area contributed by atoms with E-state index in [9.17, 15) is 4.79 Å². The fourth-order valence-electron chi connectivity index (χ4n) is 3.35. The van der Waals surface area contributed by atoms with Crippen molar-refractivity contribution in [1.82, 2.24) is 15.3 Å². The number of carbonyl (C=O) groups excluding carboxylic acids is 1. The fourth-order valence-corrected chi connectivity index (χ4v) is 3.35. The molecule has 1 saturated carbocycles. The van der Waals surface area contributed by atoms with Crippen LogP contribution in [0.5, 0.6) is 17.5 Å². The van der Waals surface area contributed by atoms with Gasteiger partial charge in [0.15, 0.2) is 0 Å². The molecule has 1 amide bonds. The zero-order valence-corrected chi connectivity index (χ0v) is 16.4. The van der Waals surface area contributed by atoms with Gasteiger partial charge in [-0.05, 0) is 50.3 Å². The van der Waals surface area contributed by atoms with Gasteiger partial charge in [0.25, 0.3) is 11.8 Å². The van der Waals surface area contributed by atoms with Gasteiger partial charge in [0.1, 0.15) is 11.9 Å². The Labute approximate surface area is 165 Å². The number of hydrogen-bond acceptors (Lipinski definition) is 6. The van der Waals surface area contributed by atoms with E-state index in [1.165, 1.54) is 0 Å². The van der Waals surface area contributed by atoms with Crippen molar-refractivity contribution in [2.45, 2.75) is 51.2 Å². The van der Waals surface area contributed by atoms with Crippen LogP contribution in [0.1, 0.15) is 38.2 Å². The summed E-state index contributed by atoms with van der Waals surface area (Å²) in [6.45, 7) is 2.58. The van der Waals surface area contributed by atoms with Gasteiger partial charge in [0.2, 0.25) is 5.91 Å². The number of hydrogen-bond donors (Lipinski definition) is 1. The number of rotatable bonds is 8. The number of nitrogens with zero attached hydrogens (tertiary/aromatic N) is 2. The van der Waals surface area contributed by atoms with Crippen molar-refractivity contribution in [3.8, 4) is 17.5 Å². The van der Waals surface area contributed by atoms with Gasteiger partial charge < -0.3 is 19.5 Å². The Morgan fingerprint density at radius 2 is 1.75 bits per heavy atom. The third-order valence-electron chi connectivity index (χ3n) is 4.74. The second-order valence-corrected chi connectivity index (χ2v) is 6.78. The molecule has 0 saturated heterocycles. The van der Waals surface area contributed by atoms with E-state index >= 15 is 0 Å². The van der Waals surface area contributed by atoms with Crippen LogP contribution in [0.3, 0.4) is 0 Å². The largest absolute Gasteiger partial charge is 0.494 e. The van der Waals surface area contributed by atoms with Crippen LogP contribution in [0, 0.1) is 0 Å². The van der Waals surface area contributed by atoms with E-state index in [-0.39, 0.29) is 18.1 Å². The third-order valence-corrected chi connectivity index (χ3v) is 4.74. The highest BCUT2D eigenvalue weighted by Crippen LogP contribution is 2.27. The average Bonchev–Trinajstić information content (AvgIpc) is 2.71. The molecule has 7 heteroatoms. The minimum Gasteiger partial charge on any atom is -0.494 e. The van der Waals surface area contributed by atoms with E-state index in [0.717, 1.165) is 37.0 Å². The molecule has 1 aliphatic carbocycles. The normalized spacial score (nSPS) is 18.9. The van der Waals surface area contributed by atoms with E-state index in [1.54, 1.807) is 19.5 Å². The predicted octanol–water partition coefficient (Wildman–Crippen LogP) is 2.93. The zero-order chi connectivity index (χ0) is 19.8. The number of amides is 1. The van der Waals surface area contributed by atoms with Crippen LogP contribution >= 0.6 is 0 Å². The number of carbonyl (C=O) groups is 1. The Bertz CT molecular complexity index is 759. The SMILES string of the molecule is CCOc1ccc(CC(=O)NC2CCC(Oc3nccnc3OC)CC2)cc1. The third kappa shape index (κ3) is 5.58. The van der Waals surface area contributed by atoms with Crippen molar-refractivity contribution in [3.63, 3.8) is 0 Å². The summed E-state index contributed by atoms with van der Waals surface area (Å²) in [6.07, 6.45) is 7.06. The first-order valence-electron chi connectivity index (χ1n) is 9.70. The molecule has 1 fully saturated rings. The van der Waals surface area contributed by atoms with E-state index < -0.39 is 0 Å². The lowest BCUT2D eigenvalue weighted by atomic mass is 9.92. The van der Waals surface area contributed by atoms with Crippen molar-refractivity contribution in [3.05, 3.63) is 42.2 Å². The van der Waals surface area contributed by atoms with Crippen LogP contribution in [-0.2, 0) is 11.2 Å². The van der Waals surface area contributed by atoms with Gasteiger partial charge in [0, 0.05) is 18.4 Å². The van der Waals surface area contributed by atoms with Gasteiger partial charge in [-0.15, -0.1) is 0 Å². The maximum Gasteiger partial charge on any atom is 0.278 e. The number of aromatic nitrogens is 2. The van der Waals surface area contributed by atoms with Gasteiger partial charge in [-0.3, -0.25) is 4.79 Å². The summed E-state index contributed by atoms with van der Waals surface area (Å²) in [7, 11) is 1.55. The highest BCUT2D eigenvalue weighted by molar-refractivity contribution is 5.78. The molecule has 150 valence electrons. The molecule has 1 N–H and O–H groups in total. The number of nitrogens with one attached hydrogen (secondary N) is 1. The quantitative estimate of drug-likeness (QED) is 0.752. The van der Waals surface area contributed by atoms with Crippen LogP contribution in [0.2, 0.25) is 0 Å². The molecule has 0 unspecified atom stereocenters. The van der Waals surface area contributed by atoms with E-state index in [2.05, 4.69) is 15.3 Å². The summed E-state index contributed by atoms with van der Waals surface area (Å²) in [5.41, 5.74) is 0.979. The summed E-state index contributed by atoms with van der Waals surface area (Å²) in [5, 5.41) is 3.14. The van der Waals surface area contributed by atoms with Crippen LogP contribution < -0.4 is 19.5 Å². The van der Waals surface area contributed by atoms with E-state index in [0.29, 0.717) is 24.8 Å². The molecule has 0 atom stereocenters. The average molecular weight is 385 g/mol. The standard InChI is InChI=1S/C21H27N3O4/c1-3-27-17-8-4-15(5-9-17)14-19(25)24-16-6-10-18(11-7-16)28-21-20(26-2)22-12-13-23-21/h4-5,8-9,12-13,16,18H,3,6-7,10-11,14H2,1-2H3,(H,24,25). The number of benzene rings is 1. The van der Waals surface area contributed by atoms with Crippen LogP contribution in [0.15, 0.2) is 36.7 Å². The minimum absolute atomic E-state index is 0.0455. The Hall–Kier alpha value is -2.83. The molecule has 0 bridgehead atoms. The van der Waals surface area contributed by atoms with Gasteiger partial charge in [-0.2, -0.15) is 0 Å². The monoisotopic (exact) mass is 385 g/mol. The predicted molar refractivity (Wildman–Crippen MR) is 105 cm³/mol. The summed E-state index contributed by atoms with van der Waals surface area (Å²) >= 11 is 0. The Kier molecular flexibility index (Phi) is 7.06. The van der Waals surface area contributed by atoms with Crippen molar-refractivity contribution in [2.75, 3.05) is 13.7 Å². The molecule has 0 aliphatic heterocycles. The molecule has 28 heavy (non-hydrogen) atoms. The lowest BCUT2D eigenvalue weighted by molar-refractivity contribution is -0.121. The molecular weight excluding hydrogens is 358 g/mol. The fraction of sp³-hybridized carbons (Fsp3) is 0.476. The van der Waals surface area contributed by atoms with Gasteiger partial charge >= 0.3 is 0 Å². The summed E-state index contributed by atoms with van der Waals surface area (Å²) in [6, 6.07) is 7.84. The molecule has 3 rings (SSSR count). The molecule has 0 radical (unpaired) electrons. The summed E-state index contributed by atoms with van der Waals surface area (Å²) < 4.78 is 16.5. The zero-order valence-electron chi connectivity index (χ0n) is 16.4. The van der Waals surface area contributed by atoms with Crippen molar-refractivity contribution in [1.29, 1.82) is 0 Å². The van der Waals surface area contributed by atoms with Crippen LogP contribution in [-0.4, -0.2) is 41.7 Å². The topological polar surface area (TPSA) is 82.6 Å². The number of ether oxygens (including phenoxy) is 3. The maximum absolute atomic E-state index is 12.3. The molecule has 7 nitrogen and oxygen atoms in total. The Morgan fingerprint density at radius 1 is 1.07 bits per heavy atom. The molecular formula is C21H27N3O4. The van der Waals surface area contributed by atoms with Crippen LogP contribution in [0.4, 0.5) is 0 Å². The molecule has 0 spiro atoms. The first kappa shape index (κ1) is 19.9. The minimum atomic E-state index is 0.0455. The van der Waals surface area contributed by atoms with Gasteiger partial charge in [-0.1, -0.05) is 12.1 Å². The highest BCUT2D eigenvalue weighted by atomic mass is 16.5. The summed E-state index contributed by atoms with van der Waals surface area (Å²) in [5.74, 6) is 1.69. The molecule has 1 aliphatic rings. The van der Waals surface area contributed by atoms with E-state index in [4.69, 9.17) is 14.2 Å². The van der Waals surface area contributed by atoms with Gasteiger partial charge in [-0.25, -0.2) is 9.97 Å². The molecule has 1 aromatic carbocycles. The Morgan fingerprint density at radius 3 is 2.39 bits per heavy atom. The number of methoxy groups -OCH3 is 1.